The summed E-state index contributed by atoms with van der Waals surface area (Å²) in [5.74, 6) is -2.49. The van der Waals surface area contributed by atoms with Crippen LogP contribution in [-0.4, -0.2) is 48.2 Å². The van der Waals surface area contributed by atoms with Crippen LogP contribution >= 0.6 is 0 Å². The van der Waals surface area contributed by atoms with Crippen molar-refractivity contribution in [1.82, 2.24) is 4.90 Å². The van der Waals surface area contributed by atoms with Crippen LogP contribution < -0.4 is 0 Å². The third-order valence-electron chi connectivity index (χ3n) is 4.80. The number of carboxylic acids is 1. The number of likely N-dealkylation sites (tertiary alicyclic amines) is 1. The molecule has 0 spiro atoms. The van der Waals surface area contributed by atoms with E-state index in [9.17, 15) is 19.1 Å². The normalized spacial score (nSPS) is 25.5. The molecule has 6 heteroatoms. The van der Waals surface area contributed by atoms with Crippen LogP contribution in [0.5, 0.6) is 0 Å². The zero-order valence-corrected chi connectivity index (χ0v) is 12.8. The highest BCUT2D eigenvalue weighted by atomic mass is 19.1. The summed E-state index contributed by atoms with van der Waals surface area (Å²) in [5, 5.41) is 9.47. The number of ether oxygens (including phenoxy) is 1. The zero-order valence-electron chi connectivity index (χ0n) is 12.8. The highest BCUT2D eigenvalue weighted by Crippen LogP contribution is 2.34. The fraction of sp³-hybridized carbons (Fsp3) is 0.529. The summed E-state index contributed by atoms with van der Waals surface area (Å²) in [6.45, 7) is 1.66. The van der Waals surface area contributed by atoms with Crippen molar-refractivity contribution in [3.05, 3.63) is 35.6 Å². The van der Waals surface area contributed by atoms with E-state index in [1.165, 1.54) is 12.1 Å². The molecule has 3 rings (SSSR count). The van der Waals surface area contributed by atoms with Gasteiger partial charge in [-0.05, 0) is 30.5 Å². The summed E-state index contributed by atoms with van der Waals surface area (Å²) in [6.07, 6.45) is 1.36. The minimum absolute atomic E-state index is 0.00143. The second-order valence-corrected chi connectivity index (χ2v) is 6.24. The number of carboxylic acid groups (broad SMARTS) is 1. The molecule has 1 aromatic rings. The molecule has 2 atom stereocenters. The first-order chi connectivity index (χ1) is 11.1. The molecule has 2 saturated heterocycles. The first-order valence-electron chi connectivity index (χ1n) is 7.91. The Morgan fingerprint density at radius 3 is 2.61 bits per heavy atom. The molecule has 1 amide bonds. The van der Waals surface area contributed by atoms with Crippen molar-refractivity contribution in [2.75, 3.05) is 26.3 Å². The Balaban J connectivity index is 1.78. The average molecular weight is 321 g/mol. The van der Waals surface area contributed by atoms with E-state index in [1.54, 1.807) is 17.0 Å². The van der Waals surface area contributed by atoms with Crippen molar-refractivity contribution in [2.45, 2.75) is 18.8 Å². The molecule has 0 saturated carbocycles. The molecule has 0 unspecified atom stereocenters. The maximum Gasteiger partial charge on any atom is 0.308 e. The Hall–Kier alpha value is -1.95. The Morgan fingerprint density at radius 1 is 1.22 bits per heavy atom. The highest BCUT2D eigenvalue weighted by molar-refractivity contribution is 5.81. The fourth-order valence-electron chi connectivity index (χ4n) is 3.51. The summed E-state index contributed by atoms with van der Waals surface area (Å²) in [7, 11) is 0. The van der Waals surface area contributed by atoms with Crippen LogP contribution in [0.1, 0.15) is 24.3 Å². The monoisotopic (exact) mass is 321 g/mol. The van der Waals surface area contributed by atoms with Crippen LogP contribution in [0.3, 0.4) is 0 Å². The lowest BCUT2D eigenvalue weighted by Crippen LogP contribution is -2.37. The molecule has 5 nitrogen and oxygen atoms in total. The van der Waals surface area contributed by atoms with Crippen LogP contribution in [-0.2, 0) is 14.3 Å². The van der Waals surface area contributed by atoms with Crippen molar-refractivity contribution < 1.29 is 23.8 Å². The van der Waals surface area contributed by atoms with Crippen molar-refractivity contribution in [3.8, 4) is 0 Å². The zero-order chi connectivity index (χ0) is 16.4. The summed E-state index contributed by atoms with van der Waals surface area (Å²) in [5.41, 5.74) is 0.639. The number of nitrogens with zero attached hydrogens (tertiary/aromatic N) is 1. The SMILES string of the molecule is O=C(O)[C@@H]1CN(C(=O)C2CCOCC2)C[C@H]1c1cccc(F)c1. The van der Waals surface area contributed by atoms with E-state index in [-0.39, 0.29) is 30.1 Å². The summed E-state index contributed by atoms with van der Waals surface area (Å²) in [4.78, 5) is 25.8. The lowest BCUT2D eigenvalue weighted by molar-refractivity contribution is -0.142. The molecule has 2 aliphatic rings. The van der Waals surface area contributed by atoms with Gasteiger partial charge in [0.15, 0.2) is 0 Å². The van der Waals surface area contributed by atoms with E-state index in [0.717, 1.165) is 0 Å². The van der Waals surface area contributed by atoms with E-state index in [2.05, 4.69) is 0 Å². The molecule has 0 bridgehead atoms. The minimum Gasteiger partial charge on any atom is -0.481 e. The third kappa shape index (κ3) is 3.37. The Bertz CT molecular complexity index is 600. The molecule has 124 valence electrons. The van der Waals surface area contributed by atoms with Crippen LogP contribution in [0, 0.1) is 17.7 Å². The second-order valence-electron chi connectivity index (χ2n) is 6.24. The third-order valence-corrected chi connectivity index (χ3v) is 4.80. The lowest BCUT2D eigenvalue weighted by atomic mass is 9.89. The first-order valence-corrected chi connectivity index (χ1v) is 7.91. The smallest absolute Gasteiger partial charge is 0.308 e. The van der Waals surface area contributed by atoms with E-state index >= 15 is 0 Å². The van der Waals surface area contributed by atoms with Gasteiger partial charge in [0.25, 0.3) is 0 Å². The number of halogens is 1. The second kappa shape index (κ2) is 6.66. The molecule has 1 aromatic carbocycles. The molecule has 0 radical (unpaired) electrons. The number of hydrogen-bond acceptors (Lipinski definition) is 3. The number of rotatable bonds is 3. The highest BCUT2D eigenvalue weighted by Gasteiger charge is 2.42. The molecule has 2 heterocycles. The van der Waals surface area contributed by atoms with Crippen molar-refractivity contribution >= 4 is 11.9 Å². The molecule has 1 N–H and O–H groups in total. The Labute approximate surface area is 134 Å². The molecular weight excluding hydrogens is 301 g/mol. The number of hydrogen-bond donors (Lipinski definition) is 1. The van der Waals surface area contributed by atoms with Crippen molar-refractivity contribution in [1.29, 1.82) is 0 Å². The first kappa shape index (κ1) is 15.9. The predicted molar refractivity (Wildman–Crippen MR) is 80.4 cm³/mol. The van der Waals surface area contributed by atoms with Crippen LogP contribution in [0.15, 0.2) is 24.3 Å². The van der Waals surface area contributed by atoms with Gasteiger partial charge in [-0.2, -0.15) is 0 Å². The predicted octanol–water partition coefficient (Wildman–Crippen LogP) is 1.88. The van der Waals surface area contributed by atoms with Crippen LogP contribution in [0.2, 0.25) is 0 Å². The number of amides is 1. The topological polar surface area (TPSA) is 66.8 Å². The van der Waals surface area contributed by atoms with Gasteiger partial charge in [-0.1, -0.05) is 12.1 Å². The number of carbonyl (C=O) groups is 2. The fourth-order valence-corrected chi connectivity index (χ4v) is 3.51. The minimum atomic E-state index is -0.943. The van der Waals surface area contributed by atoms with Gasteiger partial charge >= 0.3 is 5.97 Å². The van der Waals surface area contributed by atoms with Gasteiger partial charge in [0, 0.05) is 38.1 Å². The lowest BCUT2D eigenvalue weighted by Gasteiger charge is -2.26. The number of benzene rings is 1. The van der Waals surface area contributed by atoms with E-state index in [1.807, 2.05) is 0 Å². The van der Waals surface area contributed by atoms with Crippen molar-refractivity contribution in [3.63, 3.8) is 0 Å². The van der Waals surface area contributed by atoms with Gasteiger partial charge in [0.2, 0.25) is 5.91 Å². The Kier molecular flexibility index (Phi) is 4.61. The van der Waals surface area contributed by atoms with Gasteiger partial charge in [-0.15, -0.1) is 0 Å². The molecular formula is C17H20FNO4. The average Bonchev–Trinajstić information content (AvgIpc) is 3.00. The van der Waals surface area contributed by atoms with Gasteiger partial charge in [0.05, 0.1) is 5.92 Å². The number of aliphatic carboxylic acids is 1. The molecule has 23 heavy (non-hydrogen) atoms. The van der Waals surface area contributed by atoms with E-state index in [4.69, 9.17) is 4.74 Å². The molecule has 0 aliphatic carbocycles. The van der Waals surface area contributed by atoms with E-state index in [0.29, 0.717) is 38.2 Å². The van der Waals surface area contributed by atoms with Gasteiger partial charge in [-0.25, -0.2) is 4.39 Å². The summed E-state index contributed by atoms with van der Waals surface area (Å²) in [6, 6.07) is 6.00. The van der Waals surface area contributed by atoms with Crippen LogP contribution in [0.25, 0.3) is 0 Å². The van der Waals surface area contributed by atoms with E-state index < -0.39 is 11.9 Å². The van der Waals surface area contributed by atoms with Gasteiger partial charge in [-0.3, -0.25) is 9.59 Å². The molecule has 2 aliphatic heterocycles. The van der Waals surface area contributed by atoms with Gasteiger partial charge < -0.3 is 14.7 Å². The Morgan fingerprint density at radius 2 is 1.96 bits per heavy atom. The maximum atomic E-state index is 13.5. The molecule has 0 aromatic heterocycles. The largest absolute Gasteiger partial charge is 0.481 e. The molecule has 2 fully saturated rings. The number of carbonyl (C=O) groups excluding carboxylic acids is 1. The summed E-state index contributed by atoms with van der Waals surface area (Å²) >= 11 is 0. The standard InChI is InChI=1S/C17H20FNO4/c18-13-3-1-2-12(8-13)14-9-19(10-15(14)17(21)22)16(20)11-4-6-23-7-5-11/h1-3,8,11,14-15H,4-7,9-10H2,(H,21,22)/t14-,15+/m0/s1. The summed E-state index contributed by atoms with van der Waals surface area (Å²) < 4.78 is 18.7. The van der Waals surface area contributed by atoms with Crippen LogP contribution in [0.4, 0.5) is 4.39 Å². The van der Waals surface area contributed by atoms with Gasteiger partial charge in [0.1, 0.15) is 5.82 Å². The maximum absolute atomic E-state index is 13.5. The quantitative estimate of drug-likeness (QED) is 0.923. The van der Waals surface area contributed by atoms with Crippen molar-refractivity contribution in [2.24, 2.45) is 11.8 Å².